The zero-order chi connectivity index (χ0) is 15.4. The number of benzene rings is 1. The van der Waals surface area contributed by atoms with E-state index in [1.54, 1.807) is 0 Å². The maximum Gasteiger partial charge on any atom is 0.252 e. The molecule has 0 atom stereocenters. The van der Waals surface area contributed by atoms with Gasteiger partial charge in [0.25, 0.3) is 5.91 Å². The van der Waals surface area contributed by atoms with E-state index in [0.717, 1.165) is 40.6 Å². The minimum Gasteiger partial charge on any atom is -0.352 e. The van der Waals surface area contributed by atoms with Crippen molar-refractivity contribution in [3.63, 3.8) is 0 Å². The fourth-order valence-corrected chi connectivity index (χ4v) is 2.56. The molecule has 0 bridgehead atoms. The fraction of sp³-hybridized carbons (Fsp3) is 0.444. The molecular weight excluding hydrogens is 260 g/mol. The van der Waals surface area contributed by atoms with Gasteiger partial charge in [-0.3, -0.25) is 9.78 Å². The van der Waals surface area contributed by atoms with Crippen molar-refractivity contribution in [2.24, 2.45) is 5.92 Å². The summed E-state index contributed by atoms with van der Waals surface area (Å²) in [5.41, 5.74) is 3.68. The number of aromatic nitrogens is 1. The first-order valence-corrected chi connectivity index (χ1v) is 7.71. The van der Waals surface area contributed by atoms with Gasteiger partial charge in [0.2, 0.25) is 0 Å². The molecule has 1 N–H and O–H groups in total. The number of nitrogens with one attached hydrogen (secondary N) is 1. The van der Waals surface area contributed by atoms with Crippen LogP contribution in [0.4, 0.5) is 0 Å². The number of amides is 1. The van der Waals surface area contributed by atoms with Gasteiger partial charge in [0.05, 0.1) is 11.1 Å². The van der Waals surface area contributed by atoms with E-state index in [0.29, 0.717) is 12.5 Å². The van der Waals surface area contributed by atoms with Crippen molar-refractivity contribution < 1.29 is 4.79 Å². The molecule has 1 heterocycles. The molecule has 0 radical (unpaired) electrons. The first-order valence-electron chi connectivity index (χ1n) is 7.71. The van der Waals surface area contributed by atoms with Crippen molar-refractivity contribution >= 4 is 16.8 Å². The second-order valence-corrected chi connectivity index (χ2v) is 5.87. The van der Waals surface area contributed by atoms with Gasteiger partial charge in [-0.2, -0.15) is 0 Å². The van der Waals surface area contributed by atoms with E-state index < -0.39 is 0 Å². The molecular formula is C18H24N2O. The van der Waals surface area contributed by atoms with Crippen molar-refractivity contribution in [1.82, 2.24) is 10.3 Å². The smallest absolute Gasteiger partial charge is 0.252 e. The van der Waals surface area contributed by atoms with E-state index in [2.05, 4.69) is 31.1 Å². The van der Waals surface area contributed by atoms with Crippen LogP contribution in [0.2, 0.25) is 0 Å². The first-order chi connectivity index (χ1) is 10.0. The van der Waals surface area contributed by atoms with E-state index in [9.17, 15) is 4.79 Å². The molecule has 2 aromatic rings. The van der Waals surface area contributed by atoms with Crippen LogP contribution in [0.5, 0.6) is 0 Å². The quantitative estimate of drug-likeness (QED) is 0.905. The number of rotatable bonds is 5. The highest BCUT2D eigenvalue weighted by molar-refractivity contribution is 6.07. The predicted molar refractivity (Wildman–Crippen MR) is 87.6 cm³/mol. The Morgan fingerprint density at radius 3 is 2.67 bits per heavy atom. The third kappa shape index (κ3) is 3.41. The number of carbonyl (C=O) groups is 1. The summed E-state index contributed by atoms with van der Waals surface area (Å²) >= 11 is 0. The Bertz CT molecular complexity index is 647. The molecule has 1 aromatic heterocycles. The van der Waals surface area contributed by atoms with Crippen LogP contribution < -0.4 is 5.32 Å². The molecule has 0 aliphatic rings. The van der Waals surface area contributed by atoms with Gasteiger partial charge >= 0.3 is 0 Å². The minimum absolute atomic E-state index is 0.0152. The third-order valence-corrected chi connectivity index (χ3v) is 3.81. The molecule has 0 unspecified atom stereocenters. The van der Waals surface area contributed by atoms with Crippen LogP contribution in [-0.4, -0.2) is 17.4 Å². The monoisotopic (exact) mass is 284 g/mol. The molecule has 0 saturated heterocycles. The molecule has 0 saturated carbocycles. The van der Waals surface area contributed by atoms with E-state index in [1.165, 1.54) is 0 Å². The standard InChI is InChI=1S/C18H24N2O/c1-5-15-13(4)17(18(21)19-11-10-12(2)3)14-8-6-7-9-16(14)20-15/h6-9,12H,5,10-11H2,1-4H3,(H,19,21). The summed E-state index contributed by atoms with van der Waals surface area (Å²) in [6, 6.07) is 7.87. The molecule has 0 spiro atoms. The minimum atomic E-state index is 0.0152. The molecule has 0 aliphatic heterocycles. The van der Waals surface area contributed by atoms with Crippen LogP contribution in [0.25, 0.3) is 10.9 Å². The summed E-state index contributed by atoms with van der Waals surface area (Å²) in [5.74, 6) is 0.605. The van der Waals surface area contributed by atoms with Gasteiger partial charge < -0.3 is 5.32 Å². The molecule has 0 fully saturated rings. The van der Waals surface area contributed by atoms with Gasteiger partial charge in [-0.15, -0.1) is 0 Å². The van der Waals surface area contributed by atoms with Gasteiger partial charge in [0.1, 0.15) is 0 Å². The van der Waals surface area contributed by atoms with Crippen molar-refractivity contribution in [3.05, 3.63) is 41.1 Å². The zero-order valence-electron chi connectivity index (χ0n) is 13.4. The second kappa shape index (κ2) is 6.70. The van der Waals surface area contributed by atoms with E-state index in [4.69, 9.17) is 0 Å². The molecule has 1 aromatic carbocycles. The number of carbonyl (C=O) groups excluding carboxylic acids is 1. The normalized spacial score (nSPS) is 11.1. The lowest BCUT2D eigenvalue weighted by molar-refractivity contribution is 0.0953. The number of hydrogen-bond donors (Lipinski definition) is 1. The predicted octanol–water partition coefficient (Wildman–Crippen LogP) is 3.88. The molecule has 2 rings (SSSR count). The highest BCUT2D eigenvalue weighted by atomic mass is 16.1. The molecule has 112 valence electrons. The molecule has 21 heavy (non-hydrogen) atoms. The van der Waals surface area contributed by atoms with E-state index >= 15 is 0 Å². The Kier molecular flexibility index (Phi) is 4.94. The molecule has 3 nitrogen and oxygen atoms in total. The van der Waals surface area contributed by atoms with Gasteiger partial charge in [-0.05, 0) is 37.3 Å². The van der Waals surface area contributed by atoms with Crippen LogP contribution >= 0.6 is 0 Å². The van der Waals surface area contributed by atoms with E-state index in [-0.39, 0.29) is 5.91 Å². The lowest BCUT2D eigenvalue weighted by atomic mass is 9.99. The number of para-hydroxylation sites is 1. The van der Waals surface area contributed by atoms with E-state index in [1.807, 2.05) is 31.2 Å². The Labute approximate surface area is 126 Å². The average molecular weight is 284 g/mol. The average Bonchev–Trinajstić information content (AvgIpc) is 2.46. The Balaban J connectivity index is 2.41. The third-order valence-electron chi connectivity index (χ3n) is 3.81. The van der Waals surface area contributed by atoms with Crippen molar-refractivity contribution in [1.29, 1.82) is 0 Å². The number of nitrogens with zero attached hydrogens (tertiary/aromatic N) is 1. The summed E-state index contributed by atoms with van der Waals surface area (Å²) in [6.07, 6.45) is 1.83. The number of hydrogen-bond acceptors (Lipinski definition) is 2. The first kappa shape index (κ1) is 15.5. The number of aryl methyl sites for hydroxylation is 1. The van der Waals surface area contributed by atoms with Crippen molar-refractivity contribution in [2.75, 3.05) is 6.54 Å². The maximum atomic E-state index is 12.6. The Morgan fingerprint density at radius 1 is 1.29 bits per heavy atom. The van der Waals surface area contributed by atoms with Gasteiger partial charge in [-0.1, -0.05) is 39.0 Å². The zero-order valence-corrected chi connectivity index (χ0v) is 13.4. The molecule has 1 amide bonds. The topological polar surface area (TPSA) is 42.0 Å². The van der Waals surface area contributed by atoms with Crippen LogP contribution in [0.15, 0.2) is 24.3 Å². The molecule has 0 aliphatic carbocycles. The van der Waals surface area contributed by atoms with Crippen molar-refractivity contribution in [3.8, 4) is 0 Å². The second-order valence-electron chi connectivity index (χ2n) is 5.87. The highest BCUT2D eigenvalue weighted by Crippen LogP contribution is 2.23. The van der Waals surface area contributed by atoms with Crippen LogP contribution in [0.1, 0.15) is 48.8 Å². The summed E-state index contributed by atoms with van der Waals surface area (Å²) < 4.78 is 0. The molecule has 3 heteroatoms. The van der Waals surface area contributed by atoms with Crippen LogP contribution in [0.3, 0.4) is 0 Å². The van der Waals surface area contributed by atoms with Crippen LogP contribution in [-0.2, 0) is 6.42 Å². The van der Waals surface area contributed by atoms with Gasteiger partial charge in [0, 0.05) is 17.6 Å². The maximum absolute atomic E-state index is 12.6. The van der Waals surface area contributed by atoms with Crippen LogP contribution in [0, 0.1) is 12.8 Å². The lowest BCUT2D eigenvalue weighted by Gasteiger charge is -2.14. The highest BCUT2D eigenvalue weighted by Gasteiger charge is 2.16. The summed E-state index contributed by atoms with van der Waals surface area (Å²) in [6.45, 7) is 9.11. The summed E-state index contributed by atoms with van der Waals surface area (Å²) in [4.78, 5) is 17.3. The lowest BCUT2D eigenvalue weighted by Crippen LogP contribution is -2.26. The Hall–Kier alpha value is -1.90. The Morgan fingerprint density at radius 2 is 2.00 bits per heavy atom. The van der Waals surface area contributed by atoms with Gasteiger partial charge in [-0.25, -0.2) is 0 Å². The fourth-order valence-electron chi connectivity index (χ4n) is 2.56. The largest absolute Gasteiger partial charge is 0.352 e. The number of fused-ring (bicyclic) bond motifs is 1. The summed E-state index contributed by atoms with van der Waals surface area (Å²) in [7, 11) is 0. The summed E-state index contributed by atoms with van der Waals surface area (Å²) in [5, 5.41) is 3.99. The SMILES string of the molecule is CCc1nc2ccccc2c(C(=O)NCCC(C)C)c1C. The number of pyridine rings is 1. The van der Waals surface area contributed by atoms with Crippen molar-refractivity contribution in [2.45, 2.75) is 40.5 Å². The van der Waals surface area contributed by atoms with Gasteiger partial charge in [0.15, 0.2) is 0 Å².